The molecule has 0 fully saturated rings. The molecule has 1 atom stereocenters. The molecular weight excluding hydrogens is 395 g/mol. The predicted octanol–water partition coefficient (Wildman–Crippen LogP) is 3.70. The van der Waals surface area contributed by atoms with E-state index >= 15 is 0 Å². The first-order valence-electron chi connectivity index (χ1n) is 10.2. The Morgan fingerprint density at radius 2 is 1.94 bits per heavy atom. The van der Waals surface area contributed by atoms with Gasteiger partial charge in [0, 0.05) is 49.1 Å². The van der Waals surface area contributed by atoms with E-state index in [1.807, 2.05) is 45.0 Å². The van der Waals surface area contributed by atoms with Gasteiger partial charge in [-0.3, -0.25) is 9.78 Å². The molecule has 0 aliphatic carbocycles. The number of nitrogens with one attached hydrogen (secondary N) is 1. The van der Waals surface area contributed by atoms with Crippen LogP contribution in [0.5, 0.6) is 5.75 Å². The fourth-order valence-electron chi connectivity index (χ4n) is 3.68. The SMILES string of the molecule is Cc1cnc(C)c(-c2ccc(F)c3c2O[C@H](CNC(=O)c2ccc(N(C)C)cc2)C3)n1. The van der Waals surface area contributed by atoms with E-state index in [-0.39, 0.29) is 24.4 Å². The number of carbonyl (C=O) groups is 1. The van der Waals surface area contributed by atoms with Crippen LogP contribution in [0.3, 0.4) is 0 Å². The van der Waals surface area contributed by atoms with Crippen LogP contribution in [-0.2, 0) is 6.42 Å². The molecule has 1 amide bonds. The molecular formula is C24H25FN4O2. The molecule has 1 N–H and O–H groups in total. The number of halogens is 1. The summed E-state index contributed by atoms with van der Waals surface area (Å²) < 4.78 is 20.6. The van der Waals surface area contributed by atoms with Crippen molar-refractivity contribution in [3.8, 4) is 17.0 Å². The third kappa shape index (κ3) is 4.21. The van der Waals surface area contributed by atoms with Crippen LogP contribution in [0.4, 0.5) is 10.1 Å². The van der Waals surface area contributed by atoms with Gasteiger partial charge in [-0.2, -0.15) is 0 Å². The van der Waals surface area contributed by atoms with Crippen LogP contribution in [-0.4, -0.2) is 42.6 Å². The summed E-state index contributed by atoms with van der Waals surface area (Å²) >= 11 is 0. The smallest absolute Gasteiger partial charge is 0.251 e. The molecule has 0 spiro atoms. The maximum Gasteiger partial charge on any atom is 0.251 e. The highest BCUT2D eigenvalue weighted by atomic mass is 19.1. The Bertz CT molecular complexity index is 1130. The van der Waals surface area contributed by atoms with Crippen molar-refractivity contribution in [3.05, 3.63) is 70.9 Å². The minimum absolute atomic E-state index is 0.189. The van der Waals surface area contributed by atoms with E-state index in [1.54, 1.807) is 24.4 Å². The molecule has 1 aromatic heterocycles. The van der Waals surface area contributed by atoms with Gasteiger partial charge in [0.1, 0.15) is 17.7 Å². The van der Waals surface area contributed by atoms with Crippen molar-refractivity contribution < 1.29 is 13.9 Å². The van der Waals surface area contributed by atoms with Crippen LogP contribution in [0.15, 0.2) is 42.6 Å². The van der Waals surface area contributed by atoms with Crippen molar-refractivity contribution >= 4 is 11.6 Å². The van der Waals surface area contributed by atoms with Gasteiger partial charge in [-0.05, 0) is 50.2 Å². The molecule has 2 aromatic carbocycles. The lowest BCUT2D eigenvalue weighted by atomic mass is 10.0. The Balaban J connectivity index is 1.49. The van der Waals surface area contributed by atoms with Crippen LogP contribution < -0.4 is 15.0 Å². The lowest BCUT2D eigenvalue weighted by Crippen LogP contribution is -2.34. The standard InChI is InChI=1S/C24H25FN4O2/c1-14-12-26-15(2)22(28-14)19-9-10-21(25)20-11-18(31-23(19)20)13-27-24(30)16-5-7-17(8-6-16)29(3)4/h5-10,12,18H,11,13H2,1-4H3,(H,27,30)/t18-/m0/s1. The second kappa shape index (κ2) is 8.34. The second-order valence-electron chi connectivity index (χ2n) is 7.94. The molecule has 31 heavy (non-hydrogen) atoms. The minimum Gasteiger partial charge on any atom is -0.487 e. The molecule has 4 rings (SSSR count). The third-order valence-corrected chi connectivity index (χ3v) is 5.39. The highest BCUT2D eigenvalue weighted by Gasteiger charge is 2.30. The molecule has 7 heteroatoms. The number of carbonyl (C=O) groups excluding carboxylic acids is 1. The summed E-state index contributed by atoms with van der Waals surface area (Å²) in [6.07, 6.45) is 1.73. The first-order chi connectivity index (χ1) is 14.8. The number of rotatable bonds is 5. The average Bonchev–Trinajstić information content (AvgIpc) is 3.19. The van der Waals surface area contributed by atoms with E-state index in [2.05, 4.69) is 15.3 Å². The van der Waals surface area contributed by atoms with Crippen LogP contribution in [0.25, 0.3) is 11.3 Å². The normalized spacial score (nSPS) is 14.7. The van der Waals surface area contributed by atoms with Crippen molar-refractivity contribution in [2.24, 2.45) is 0 Å². The lowest BCUT2D eigenvalue weighted by molar-refractivity contribution is 0.0933. The molecule has 1 aliphatic rings. The van der Waals surface area contributed by atoms with Crippen molar-refractivity contribution in [2.75, 3.05) is 25.5 Å². The Morgan fingerprint density at radius 1 is 1.19 bits per heavy atom. The quantitative estimate of drug-likeness (QED) is 0.682. The summed E-state index contributed by atoms with van der Waals surface area (Å²) in [4.78, 5) is 23.4. The Morgan fingerprint density at radius 3 is 2.65 bits per heavy atom. The summed E-state index contributed by atoms with van der Waals surface area (Å²) in [7, 11) is 3.89. The number of benzene rings is 2. The van der Waals surface area contributed by atoms with Gasteiger partial charge in [0.15, 0.2) is 0 Å². The van der Waals surface area contributed by atoms with Crippen LogP contribution >= 0.6 is 0 Å². The minimum atomic E-state index is -0.353. The highest BCUT2D eigenvalue weighted by molar-refractivity contribution is 5.94. The number of ether oxygens (including phenoxy) is 1. The van der Waals surface area contributed by atoms with E-state index < -0.39 is 0 Å². The van der Waals surface area contributed by atoms with E-state index in [1.165, 1.54) is 6.07 Å². The average molecular weight is 420 g/mol. The molecule has 1 aliphatic heterocycles. The number of aromatic nitrogens is 2. The largest absolute Gasteiger partial charge is 0.487 e. The molecule has 0 saturated carbocycles. The second-order valence-corrected chi connectivity index (χ2v) is 7.94. The fraction of sp³-hybridized carbons (Fsp3) is 0.292. The van der Waals surface area contributed by atoms with Gasteiger partial charge < -0.3 is 15.0 Å². The molecule has 0 saturated heterocycles. The summed E-state index contributed by atoms with van der Waals surface area (Å²) in [5.74, 6) is -0.0198. The predicted molar refractivity (Wildman–Crippen MR) is 118 cm³/mol. The van der Waals surface area contributed by atoms with Crippen molar-refractivity contribution in [1.29, 1.82) is 0 Å². The maximum atomic E-state index is 14.5. The van der Waals surface area contributed by atoms with Crippen LogP contribution in [0.2, 0.25) is 0 Å². The molecule has 3 aromatic rings. The molecule has 0 unspecified atom stereocenters. The fourth-order valence-corrected chi connectivity index (χ4v) is 3.68. The topological polar surface area (TPSA) is 67.3 Å². The number of anilines is 1. The van der Waals surface area contributed by atoms with Gasteiger partial charge in [-0.25, -0.2) is 9.37 Å². The number of hydrogen-bond acceptors (Lipinski definition) is 5. The van der Waals surface area contributed by atoms with E-state index in [0.717, 1.165) is 22.6 Å². The van der Waals surface area contributed by atoms with Gasteiger partial charge in [0.05, 0.1) is 23.6 Å². The van der Waals surface area contributed by atoms with Gasteiger partial charge in [-0.1, -0.05) is 0 Å². The van der Waals surface area contributed by atoms with Crippen LogP contribution in [0.1, 0.15) is 27.3 Å². The molecule has 2 heterocycles. The number of aryl methyl sites for hydroxylation is 2. The molecule has 0 radical (unpaired) electrons. The zero-order valence-corrected chi connectivity index (χ0v) is 18.1. The van der Waals surface area contributed by atoms with Crippen molar-refractivity contribution in [1.82, 2.24) is 15.3 Å². The van der Waals surface area contributed by atoms with E-state index in [4.69, 9.17) is 4.74 Å². The number of hydrogen-bond donors (Lipinski definition) is 1. The molecule has 0 bridgehead atoms. The zero-order valence-electron chi connectivity index (χ0n) is 18.1. The highest BCUT2D eigenvalue weighted by Crippen LogP contribution is 2.40. The maximum absolute atomic E-state index is 14.5. The summed E-state index contributed by atoms with van der Waals surface area (Å²) in [6, 6.07) is 10.5. The Kier molecular flexibility index (Phi) is 5.59. The number of nitrogens with zero attached hydrogens (tertiary/aromatic N) is 3. The third-order valence-electron chi connectivity index (χ3n) is 5.39. The van der Waals surface area contributed by atoms with Gasteiger partial charge in [0.25, 0.3) is 5.91 Å². The van der Waals surface area contributed by atoms with Crippen LogP contribution in [0, 0.1) is 19.7 Å². The number of amides is 1. The van der Waals surface area contributed by atoms with Gasteiger partial charge >= 0.3 is 0 Å². The lowest BCUT2D eigenvalue weighted by Gasteiger charge is -2.15. The van der Waals surface area contributed by atoms with E-state index in [9.17, 15) is 9.18 Å². The van der Waals surface area contributed by atoms with Crippen molar-refractivity contribution in [3.63, 3.8) is 0 Å². The van der Waals surface area contributed by atoms with E-state index in [0.29, 0.717) is 29.0 Å². The summed E-state index contributed by atoms with van der Waals surface area (Å²) in [5, 5.41) is 2.90. The zero-order chi connectivity index (χ0) is 22.1. The monoisotopic (exact) mass is 420 g/mol. The molecule has 160 valence electrons. The van der Waals surface area contributed by atoms with Gasteiger partial charge in [0.2, 0.25) is 0 Å². The van der Waals surface area contributed by atoms with Crippen molar-refractivity contribution in [2.45, 2.75) is 26.4 Å². The summed E-state index contributed by atoms with van der Waals surface area (Å²) in [6.45, 7) is 4.01. The first kappa shape index (κ1) is 20.8. The van der Waals surface area contributed by atoms with Gasteiger partial charge in [-0.15, -0.1) is 0 Å². The Labute approximate surface area is 181 Å². The first-order valence-corrected chi connectivity index (χ1v) is 10.2. The molecule has 6 nitrogen and oxygen atoms in total. The summed E-state index contributed by atoms with van der Waals surface area (Å²) in [5.41, 5.74) is 5.03. The number of fused-ring (bicyclic) bond motifs is 1. The Hall–Kier alpha value is -3.48.